The van der Waals surface area contributed by atoms with Gasteiger partial charge in [0.1, 0.15) is 0 Å². The van der Waals surface area contributed by atoms with Crippen LogP contribution < -0.4 is 0 Å². The fourth-order valence-electron chi connectivity index (χ4n) is 2.08. The molecule has 6 heteroatoms. The number of hydrogen-bond donors (Lipinski definition) is 0. The first-order valence-electron chi connectivity index (χ1n) is 7.15. The first-order valence-corrected chi connectivity index (χ1v) is 8.41. The van der Waals surface area contributed by atoms with Crippen LogP contribution in [0.15, 0.2) is 41.8 Å². The third-order valence-electron chi connectivity index (χ3n) is 3.20. The van der Waals surface area contributed by atoms with E-state index in [1.165, 1.54) is 12.0 Å². The van der Waals surface area contributed by atoms with Crippen LogP contribution in [0, 0.1) is 0 Å². The molecule has 0 saturated carbocycles. The maximum atomic E-state index is 12.0. The van der Waals surface area contributed by atoms with Crippen molar-refractivity contribution in [1.82, 2.24) is 0 Å². The molecule has 23 heavy (non-hydrogen) atoms. The number of methoxy groups -OCH3 is 1. The third kappa shape index (κ3) is 5.37. The van der Waals surface area contributed by atoms with E-state index in [1.54, 1.807) is 35.6 Å². The van der Waals surface area contributed by atoms with Crippen molar-refractivity contribution >= 4 is 34.9 Å². The predicted molar refractivity (Wildman–Crippen MR) is 89.6 cm³/mol. The maximum absolute atomic E-state index is 12.0. The predicted octanol–water partition coefficient (Wildman–Crippen LogP) is 4.18. The van der Waals surface area contributed by atoms with Crippen molar-refractivity contribution < 1.29 is 19.1 Å². The Hall–Kier alpha value is -1.85. The standard InChI is InChI=1S/C17H17ClO4S/c1-21-17(20)16(12-5-2-6-13(18)11-12)22-15(19)9-3-7-14-8-4-10-23-14/h2,4-6,8,10-11,16H,3,7,9H2,1H3. The van der Waals surface area contributed by atoms with E-state index in [2.05, 4.69) is 0 Å². The lowest BCUT2D eigenvalue weighted by Gasteiger charge is -2.16. The fraction of sp³-hybridized carbons (Fsp3) is 0.294. The van der Waals surface area contributed by atoms with Gasteiger partial charge in [-0.05, 0) is 36.4 Å². The molecule has 0 aliphatic rings. The fourth-order valence-corrected chi connectivity index (χ4v) is 3.03. The van der Waals surface area contributed by atoms with Crippen molar-refractivity contribution in [2.75, 3.05) is 7.11 Å². The highest BCUT2D eigenvalue weighted by Gasteiger charge is 2.25. The monoisotopic (exact) mass is 352 g/mol. The van der Waals surface area contributed by atoms with Gasteiger partial charge in [0.2, 0.25) is 6.10 Å². The molecule has 0 bridgehead atoms. The highest BCUT2D eigenvalue weighted by Crippen LogP contribution is 2.23. The van der Waals surface area contributed by atoms with Gasteiger partial charge in [-0.1, -0.05) is 29.8 Å². The van der Waals surface area contributed by atoms with E-state index in [0.29, 0.717) is 17.0 Å². The van der Waals surface area contributed by atoms with Crippen molar-refractivity contribution in [3.63, 3.8) is 0 Å². The number of rotatable bonds is 7. The number of aryl methyl sites for hydroxylation is 1. The smallest absolute Gasteiger partial charge is 0.351 e. The molecule has 0 amide bonds. The van der Waals surface area contributed by atoms with E-state index in [4.69, 9.17) is 21.1 Å². The molecule has 4 nitrogen and oxygen atoms in total. The van der Waals surface area contributed by atoms with E-state index in [9.17, 15) is 9.59 Å². The summed E-state index contributed by atoms with van der Waals surface area (Å²) in [6.45, 7) is 0. The molecule has 2 rings (SSSR count). The first-order chi connectivity index (χ1) is 11.1. The van der Waals surface area contributed by atoms with Crippen LogP contribution in [0.5, 0.6) is 0 Å². The molecule has 0 radical (unpaired) electrons. The van der Waals surface area contributed by atoms with E-state index in [-0.39, 0.29) is 6.42 Å². The summed E-state index contributed by atoms with van der Waals surface area (Å²) in [5.74, 6) is -1.06. The molecule has 1 aromatic carbocycles. The van der Waals surface area contributed by atoms with Gasteiger partial charge in [-0.25, -0.2) is 4.79 Å². The SMILES string of the molecule is COC(=O)C(OC(=O)CCCc1cccs1)c1cccc(Cl)c1. The zero-order valence-corrected chi connectivity index (χ0v) is 14.2. The van der Waals surface area contributed by atoms with Crippen molar-refractivity contribution in [2.24, 2.45) is 0 Å². The number of carbonyl (C=O) groups is 2. The van der Waals surface area contributed by atoms with Crippen LogP contribution in [0.3, 0.4) is 0 Å². The molecular weight excluding hydrogens is 336 g/mol. The van der Waals surface area contributed by atoms with Crippen molar-refractivity contribution in [3.05, 3.63) is 57.2 Å². The molecular formula is C17H17ClO4S. The molecule has 1 aromatic heterocycles. The normalized spacial score (nSPS) is 11.7. The summed E-state index contributed by atoms with van der Waals surface area (Å²) >= 11 is 7.58. The Balaban J connectivity index is 1.94. The van der Waals surface area contributed by atoms with Crippen LogP contribution in [0.25, 0.3) is 0 Å². The molecule has 1 unspecified atom stereocenters. The molecule has 1 atom stereocenters. The number of esters is 2. The van der Waals surface area contributed by atoms with Gasteiger partial charge in [0, 0.05) is 21.9 Å². The Morgan fingerprint density at radius 3 is 2.74 bits per heavy atom. The van der Waals surface area contributed by atoms with Crippen LogP contribution >= 0.6 is 22.9 Å². The number of ether oxygens (including phenoxy) is 2. The largest absolute Gasteiger partial charge is 0.466 e. The number of benzene rings is 1. The van der Waals surface area contributed by atoms with Crippen LogP contribution in [0.2, 0.25) is 5.02 Å². The van der Waals surface area contributed by atoms with Gasteiger partial charge in [0.15, 0.2) is 0 Å². The first kappa shape index (κ1) is 17.5. The van der Waals surface area contributed by atoms with Crippen LogP contribution in [-0.2, 0) is 25.5 Å². The number of thiophene rings is 1. The summed E-state index contributed by atoms with van der Waals surface area (Å²) in [6.07, 6.45) is 0.634. The third-order valence-corrected chi connectivity index (χ3v) is 4.37. The highest BCUT2D eigenvalue weighted by atomic mass is 35.5. The molecule has 0 N–H and O–H groups in total. The Morgan fingerprint density at radius 1 is 1.26 bits per heavy atom. The van der Waals surface area contributed by atoms with E-state index in [0.717, 1.165) is 6.42 Å². The average molecular weight is 353 g/mol. The minimum Gasteiger partial charge on any atom is -0.466 e. The molecule has 0 fully saturated rings. The number of carbonyl (C=O) groups excluding carboxylic acids is 2. The van der Waals surface area contributed by atoms with Gasteiger partial charge < -0.3 is 9.47 Å². The molecule has 122 valence electrons. The zero-order valence-electron chi connectivity index (χ0n) is 12.7. The summed E-state index contributed by atoms with van der Waals surface area (Å²) in [7, 11) is 1.25. The molecule has 0 aliphatic heterocycles. The van der Waals surface area contributed by atoms with E-state index >= 15 is 0 Å². The lowest BCUT2D eigenvalue weighted by Crippen LogP contribution is -2.21. The van der Waals surface area contributed by atoms with Gasteiger partial charge in [-0.2, -0.15) is 0 Å². The van der Waals surface area contributed by atoms with Gasteiger partial charge in [0.05, 0.1) is 7.11 Å². The highest BCUT2D eigenvalue weighted by molar-refractivity contribution is 7.09. The topological polar surface area (TPSA) is 52.6 Å². The van der Waals surface area contributed by atoms with Gasteiger partial charge in [-0.3, -0.25) is 4.79 Å². The summed E-state index contributed by atoms with van der Waals surface area (Å²) in [5.41, 5.74) is 0.496. The second-order valence-electron chi connectivity index (χ2n) is 4.88. The Morgan fingerprint density at radius 2 is 2.09 bits per heavy atom. The quantitative estimate of drug-likeness (QED) is 0.701. The van der Waals surface area contributed by atoms with E-state index < -0.39 is 18.0 Å². The van der Waals surface area contributed by atoms with E-state index in [1.807, 2.05) is 17.5 Å². The number of halogens is 1. The summed E-state index contributed by atoms with van der Waals surface area (Å²) < 4.78 is 10.0. The maximum Gasteiger partial charge on any atom is 0.351 e. The lowest BCUT2D eigenvalue weighted by molar-refractivity contribution is -0.166. The summed E-state index contributed by atoms with van der Waals surface area (Å²) in [4.78, 5) is 25.1. The van der Waals surface area contributed by atoms with Crippen molar-refractivity contribution in [1.29, 1.82) is 0 Å². The Kier molecular flexibility index (Phi) is 6.62. The summed E-state index contributed by atoms with van der Waals surface area (Å²) in [6, 6.07) is 10.6. The lowest BCUT2D eigenvalue weighted by atomic mass is 10.1. The Labute approximate surface area is 144 Å². The number of hydrogen-bond acceptors (Lipinski definition) is 5. The van der Waals surface area contributed by atoms with Gasteiger partial charge >= 0.3 is 11.9 Å². The van der Waals surface area contributed by atoms with Gasteiger partial charge in [-0.15, -0.1) is 11.3 Å². The molecule has 0 saturated heterocycles. The van der Waals surface area contributed by atoms with Crippen molar-refractivity contribution in [2.45, 2.75) is 25.4 Å². The molecule has 0 spiro atoms. The average Bonchev–Trinajstić information content (AvgIpc) is 3.05. The molecule has 0 aliphatic carbocycles. The van der Waals surface area contributed by atoms with Crippen LogP contribution in [0.4, 0.5) is 0 Å². The minimum atomic E-state index is -1.09. The van der Waals surface area contributed by atoms with Crippen molar-refractivity contribution in [3.8, 4) is 0 Å². The van der Waals surface area contributed by atoms with Crippen LogP contribution in [0.1, 0.15) is 29.4 Å². The summed E-state index contributed by atoms with van der Waals surface area (Å²) in [5, 5.41) is 2.46. The second kappa shape index (κ2) is 8.70. The Bertz CT molecular complexity index is 654. The van der Waals surface area contributed by atoms with Gasteiger partial charge in [0.25, 0.3) is 0 Å². The molecule has 1 heterocycles. The second-order valence-corrected chi connectivity index (χ2v) is 6.35. The molecule has 2 aromatic rings. The zero-order chi connectivity index (χ0) is 16.7. The minimum absolute atomic E-state index is 0.242. The van der Waals surface area contributed by atoms with Crippen LogP contribution in [-0.4, -0.2) is 19.0 Å².